The number of hydrogen-bond acceptors (Lipinski definition) is 3. The second-order valence-electron chi connectivity index (χ2n) is 14.5. The molecule has 3 nitrogen and oxygen atoms in total. The summed E-state index contributed by atoms with van der Waals surface area (Å²) in [5.41, 5.74) is 16.1. The Bertz CT molecular complexity index is 2890. The van der Waals surface area contributed by atoms with E-state index in [9.17, 15) is 0 Å². The third-order valence-electron chi connectivity index (χ3n) is 11.4. The van der Waals surface area contributed by atoms with Gasteiger partial charge in [-0.2, -0.15) is 0 Å². The Balaban J connectivity index is 1.07. The van der Waals surface area contributed by atoms with Crippen molar-refractivity contribution in [2.45, 2.75) is 5.41 Å². The van der Waals surface area contributed by atoms with Gasteiger partial charge in [0.05, 0.1) is 16.8 Å². The van der Waals surface area contributed by atoms with E-state index >= 15 is 0 Å². The number of benzene rings is 8. The van der Waals surface area contributed by atoms with Gasteiger partial charge in [-0.3, -0.25) is 0 Å². The van der Waals surface area contributed by atoms with Crippen molar-refractivity contribution in [2.75, 3.05) is 0 Å². The molecule has 1 aliphatic carbocycles. The summed E-state index contributed by atoms with van der Waals surface area (Å²) in [6.45, 7) is 0. The highest BCUT2D eigenvalue weighted by Gasteiger charge is 2.50. The summed E-state index contributed by atoms with van der Waals surface area (Å²) in [6.07, 6.45) is 0. The Hall–Kier alpha value is -7.36. The molecular weight excluding hydrogens is 681 g/mol. The maximum Gasteiger partial charge on any atom is 0.161 e. The van der Waals surface area contributed by atoms with Crippen LogP contribution in [0, 0.1) is 0 Å². The molecule has 0 saturated heterocycles. The van der Waals surface area contributed by atoms with Crippen LogP contribution < -0.4 is 4.74 Å². The Morgan fingerprint density at radius 3 is 1.41 bits per heavy atom. The van der Waals surface area contributed by atoms with Crippen LogP contribution >= 0.6 is 0 Å². The predicted molar refractivity (Wildman–Crippen MR) is 227 cm³/mol. The Morgan fingerprint density at radius 1 is 0.304 bits per heavy atom. The van der Waals surface area contributed by atoms with E-state index in [1.54, 1.807) is 0 Å². The molecule has 1 aliphatic heterocycles. The fraction of sp³-hybridized carbons (Fsp3) is 0.0189. The van der Waals surface area contributed by atoms with Crippen LogP contribution in [0.5, 0.6) is 11.5 Å². The van der Waals surface area contributed by atoms with Crippen LogP contribution in [-0.2, 0) is 5.41 Å². The van der Waals surface area contributed by atoms with Gasteiger partial charge in [0.2, 0.25) is 0 Å². The molecule has 0 fully saturated rings. The third kappa shape index (κ3) is 4.98. The minimum atomic E-state index is -0.506. The number of nitrogens with zero attached hydrogens (tertiary/aromatic N) is 2. The van der Waals surface area contributed by atoms with E-state index in [4.69, 9.17) is 14.7 Å². The van der Waals surface area contributed by atoms with Crippen molar-refractivity contribution < 1.29 is 4.74 Å². The fourth-order valence-corrected chi connectivity index (χ4v) is 8.89. The second-order valence-corrected chi connectivity index (χ2v) is 14.5. The SMILES string of the molecule is c1ccc(-c2ccc(-c3cc(-c4ccccc4)nc(-c4ccccc4-c4ccc5c(c4)Oc4ccccc4C54c5ccccc5-c5ccccc54)n3)cc2)cc1. The quantitative estimate of drug-likeness (QED) is 0.178. The van der Waals surface area contributed by atoms with E-state index in [1.807, 2.05) is 12.1 Å². The first-order valence-corrected chi connectivity index (χ1v) is 19.1. The van der Waals surface area contributed by atoms with Crippen molar-refractivity contribution in [3.8, 4) is 78.8 Å². The molecule has 9 aromatic rings. The average Bonchev–Trinajstić information content (AvgIpc) is 3.57. The zero-order valence-electron chi connectivity index (χ0n) is 30.4. The molecule has 0 N–H and O–H groups in total. The molecule has 0 radical (unpaired) electrons. The molecule has 0 saturated carbocycles. The monoisotopic (exact) mass is 714 g/mol. The van der Waals surface area contributed by atoms with Gasteiger partial charge < -0.3 is 4.74 Å². The maximum atomic E-state index is 6.87. The lowest BCUT2D eigenvalue weighted by Gasteiger charge is -2.39. The van der Waals surface area contributed by atoms with Crippen molar-refractivity contribution in [1.29, 1.82) is 0 Å². The van der Waals surface area contributed by atoms with Gasteiger partial charge in [-0.1, -0.05) is 188 Å². The van der Waals surface area contributed by atoms with E-state index in [1.165, 1.54) is 33.4 Å². The molecule has 0 unspecified atom stereocenters. The molecule has 3 heteroatoms. The zero-order chi connectivity index (χ0) is 37.1. The van der Waals surface area contributed by atoms with Gasteiger partial charge in [-0.05, 0) is 62.7 Å². The van der Waals surface area contributed by atoms with Gasteiger partial charge in [-0.25, -0.2) is 9.97 Å². The van der Waals surface area contributed by atoms with Crippen LogP contribution in [0.1, 0.15) is 22.3 Å². The molecule has 8 aromatic carbocycles. The summed E-state index contributed by atoms with van der Waals surface area (Å²) in [6, 6.07) is 72.9. The summed E-state index contributed by atoms with van der Waals surface area (Å²) in [7, 11) is 0. The maximum absolute atomic E-state index is 6.87. The molecule has 2 aliphatic rings. The van der Waals surface area contributed by atoms with E-state index in [0.717, 1.165) is 61.8 Å². The number of para-hydroxylation sites is 1. The standard InChI is InChI=1S/C53H34N2O/c1-3-15-35(16-4-1)36-27-29-38(30-28-36)49-34-48(37-17-5-2-6-18-37)54-52(55-49)43-22-8-7-19-40(43)39-31-32-47-51(33-39)56-50-26-14-13-25-46(50)53(47)44-23-11-9-20-41(44)42-21-10-12-24-45(42)53/h1-34H. The van der Waals surface area contributed by atoms with Crippen LogP contribution in [0.4, 0.5) is 0 Å². The minimum absolute atomic E-state index is 0.506. The summed E-state index contributed by atoms with van der Waals surface area (Å²) in [5.74, 6) is 2.39. The van der Waals surface area contributed by atoms with Gasteiger partial charge in [0.1, 0.15) is 11.5 Å². The molecule has 0 bridgehead atoms. The van der Waals surface area contributed by atoms with Gasteiger partial charge in [0.25, 0.3) is 0 Å². The topological polar surface area (TPSA) is 35.0 Å². The highest BCUT2D eigenvalue weighted by Crippen LogP contribution is 2.62. The Labute approximate surface area is 326 Å². The minimum Gasteiger partial charge on any atom is -0.457 e. The number of rotatable bonds is 5. The van der Waals surface area contributed by atoms with E-state index < -0.39 is 5.41 Å². The molecule has 1 spiro atoms. The van der Waals surface area contributed by atoms with E-state index in [2.05, 4.69) is 194 Å². The molecule has 0 amide bonds. The second kappa shape index (κ2) is 12.9. The first-order valence-electron chi connectivity index (χ1n) is 19.1. The van der Waals surface area contributed by atoms with Gasteiger partial charge >= 0.3 is 0 Å². The van der Waals surface area contributed by atoms with Crippen molar-refractivity contribution in [3.63, 3.8) is 0 Å². The molecule has 0 atom stereocenters. The molecular formula is C53H34N2O. The Morgan fingerprint density at radius 2 is 0.750 bits per heavy atom. The molecule has 262 valence electrons. The van der Waals surface area contributed by atoms with Crippen LogP contribution in [0.25, 0.3) is 67.3 Å². The number of hydrogen-bond donors (Lipinski definition) is 0. The van der Waals surface area contributed by atoms with Gasteiger partial charge in [0.15, 0.2) is 5.82 Å². The van der Waals surface area contributed by atoms with Crippen LogP contribution in [-0.4, -0.2) is 9.97 Å². The average molecular weight is 715 g/mol. The summed E-state index contributed by atoms with van der Waals surface area (Å²) in [4.78, 5) is 10.5. The Kier molecular flexibility index (Phi) is 7.39. The normalized spacial score (nSPS) is 12.9. The smallest absolute Gasteiger partial charge is 0.161 e. The van der Waals surface area contributed by atoms with Crippen molar-refractivity contribution in [2.24, 2.45) is 0 Å². The highest BCUT2D eigenvalue weighted by atomic mass is 16.5. The van der Waals surface area contributed by atoms with Crippen LogP contribution in [0.3, 0.4) is 0 Å². The summed E-state index contributed by atoms with van der Waals surface area (Å²) >= 11 is 0. The highest BCUT2D eigenvalue weighted by molar-refractivity contribution is 5.90. The first-order chi connectivity index (χ1) is 27.8. The number of fused-ring (bicyclic) bond motifs is 9. The molecule has 56 heavy (non-hydrogen) atoms. The molecule has 11 rings (SSSR count). The van der Waals surface area contributed by atoms with Gasteiger partial charge in [0, 0.05) is 27.8 Å². The first kappa shape index (κ1) is 32.1. The number of ether oxygens (including phenoxy) is 1. The number of aromatic nitrogens is 2. The van der Waals surface area contributed by atoms with Crippen molar-refractivity contribution >= 4 is 0 Å². The van der Waals surface area contributed by atoms with Crippen molar-refractivity contribution in [3.05, 3.63) is 229 Å². The van der Waals surface area contributed by atoms with Crippen LogP contribution in [0.15, 0.2) is 206 Å². The van der Waals surface area contributed by atoms with E-state index in [0.29, 0.717) is 5.82 Å². The zero-order valence-corrected chi connectivity index (χ0v) is 30.4. The summed E-state index contributed by atoms with van der Waals surface area (Å²) < 4.78 is 6.87. The predicted octanol–water partition coefficient (Wildman–Crippen LogP) is 13.3. The van der Waals surface area contributed by atoms with Gasteiger partial charge in [-0.15, -0.1) is 0 Å². The van der Waals surface area contributed by atoms with E-state index in [-0.39, 0.29) is 0 Å². The molecule has 1 aromatic heterocycles. The largest absolute Gasteiger partial charge is 0.457 e. The lowest BCUT2D eigenvalue weighted by atomic mass is 9.66. The third-order valence-corrected chi connectivity index (χ3v) is 11.4. The lowest BCUT2D eigenvalue weighted by molar-refractivity contribution is 0.436. The molecule has 2 heterocycles. The fourth-order valence-electron chi connectivity index (χ4n) is 8.89. The van der Waals surface area contributed by atoms with Crippen LogP contribution in [0.2, 0.25) is 0 Å². The van der Waals surface area contributed by atoms with Crippen molar-refractivity contribution in [1.82, 2.24) is 9.97 Å². The lowest BCUT2D eigenvalue weighted by Crippen LogP contribution is -2.32. The summed E-state index contributed by atoms with van der Waals surface area (Å²) in [5, 5.41) is 0.